The van der Waals surface area contributed by atoms with Crippen molar-refractivity contribution in [1.82, 2.24) is 5.01 Å². The van der Waals surface area contributed by atoms with Crippen molar-refractivity contribution in [3.8, 4) is 11.5 Å². The molecule has 0 saturated heterocycles. The third-order valence-corrected chi connectivity index (χ3v) is 5.66. The summed E-state index contributed by atoms with van der Waals surface area (Å²) in [6.45, 7) is 0. The zero-order valence-electron chi connectivity index (χ0n) is 16.7. The molecule has 0 aromatic heterocycles. The number of methoxy groups -OCH3 is 2. The van der Waals surface area contributed by atoms with Gasteiger partial charge in [-0.3, -0.25) is 4.79 Å². The average Bonchev–Trinajstić information content (AvgIpc) is 3.24. The first-order valence-corrected chi connectivity index (χ1v) is 10.3. The lowest BCUT2D eigenvalue weighted by Gasteiger charge is -2.22. The Hall–Kier alpha value is -3.12. The number of ether oxygens (including phenoxy) is 2. The van der Waals surface area contributed by atoms with Gasteiger partial charge in [0.2, 0.25) is 0 Å². The quantitative estimate of drug-likeness (QED) is 0.503. The number of benzene rings is 3. The molecule has 1 aliphatic heterocycles. The summed E-state index contributed by atoms with van der Waals surface area (Å²) in [5, 5.41) is 6.32. The maximum atomic E-state index is 13.3. The predicted molar refractivity (Wildman–Crippen MR) is 120 cm³/mol. The van der Waals surface area contributed by atoms with E-state index in [0.29, 0.717) is 12.0 Å². The van der Waals surface area contributed by atoms with Crippen LogP contribution >= 0.6 is 15.9 Å². The Morgan fingerprint density at radius 3 is 2.03 bits per heavy atom. The monoisotopic (exact) mass is 464 g/mol. The van der Waals surface area contributed by atoms with Gasteiger partial charge in [-0.15, -0.1) is 0 Å². The van der Waals surface area contributed by atoms with Crippen LogP contribution in [0.2, 0.25) is 0 Å². The smallest absolute Gasteiger partial charge is 0.274 e. The first-order chi connectivity index (χ1) is 14.6. The minimum absolute atomic E-state index is 0.133. The summed E-state index contributed by atoms with van der Waals surface area (Å²) in [4.78, 5) is 13.3. The topological polar surface area (TPSA) is 51.1 Å². The Bertz CT molecular complexity index is 1060. The number of nitrogens with zero attached hydrogens (tertiary/aromatic N) is 2. The number of amides is 1. The number of rotatable bonds is 5. The molecule has 0 aliphatic carbocycles. The molecular formula is C24H21BrN2O3. The number of hydrazone groups is 1. The van der Waals surface area contributed by atoms with Gasteiger partial charge in [-0.2, -0.15) is 5.10 Å². The maximum absolute atomic E-state index is 13.3. The van der Waals surface area contributed by atoms with Crippen LogP contribution in [-0.4, -0.2) is 30.8 Å². The zero-order chi connectivity index (χ0) is 21.1. The Balaban J connectivity index is 1.70. The molecule has 3 aromatic rings. The number of hydrogen-bond donors (Lipinski definition) is 0. The van der Waals surface area contributed by atoms with Gasteiger partial charge in [-0.25, -0.2) is 5.01 Å². The van der Waals surface area contributed by atoms with Crippen LogP contribution in [0.15, 0.2) is 82.4 Å². The van der Waals surface area contributed by atoms with Gasteiger partial charge < -0.3 is 9.47 Å². The molecule has 0 radical (unpaired) electrons. The van der Waals surface area contributed by atoms with E-state index in [4.69, 9.17) is 14.6 Å². The molecule has 0 saturated carbocycles. The molecule has 0 fully saturated rings. The standard InChI is InChI=1S/C24H21BrN2O3/c1-29-20-11-5-16(6-12-20)22-15-23(17-7-13-21(30-2)14-8-17)27(26-22)24(28)18-3-9-19(25)10-4-18/h3-14,23H,15H2,1-2H3/t23-/m0/s1. The average molecular weight is 465 g/mol. The van der Waals surface area contributed by atoms with Gasteiger partial charge >= 0.3 is 0 Å². The highest BCUT2D eigenvalue weighted by Gasteiger charge is 2.33. The van der Waals surface area contributed by atoms with Crippen LogP contribution in [0.25, 0.3) is 0 Å². The van der Waals surface area contributed by atoms with E-state index >= 15 is 0 Å². The largest absolute Gasteiger partial charge is 0.497 e. The van der Waals surface area contributed by atoms with Crippen LogP contribution in [0.4, 0.5) is 0 Å². The SMILES string of the molecule is COc1ccc(C2=NN(C(=O)c3ccc(Br)cc3)[C@H](c3ccc(OC)cc3)C2)cc1. The molecule has 0 unspecified atom stereocenters. The summed E-state index contributed by atoms with van der Waals surface area (Å²) in [5.74, 6) is 1.43. The van der Waals surface area contributed by atoms with Crippen LogP contribution in [0.3, 0.4) is 0 Å². The molecule has 1 heterocycles. The molecule has 1 aliphatic rings. The Morgan fingerprint density at radius 2 is 1.47 bits per heavy atom. The lowest BCUT2D eigenvalue weighted by Crippen LogP contribution is -2.27. The molecular weight excluding hydrogens is 444 g/mol. The van der Waals surface area contributed by atoms with Gasteiger partial charge in [0.15, 0.2) is 0 Å². The summed E-state index contributed by atoms with van der Waals surface area (Å²) in [7, 11) is 3.28. The van der Waals surface area contributed by atoms with Crippen molar-refractivity contribution < 1.29 is 14.3 Å². The van der Waals surface area contributed by atoms with Crippen LogP contribution in [0.1, 0.15) is 33.9 Å². The molecule has 0 spiro atoms. The Kier molecular flexibility index (Phi) is 5.86. The highest BCUT2D eigenvalue weighted by atomic mass is 79.9. The van der Waals surface area contributed by atoms with Crippen molar-refractivity contribution in [3.63, 3.8) is 0 Å². The van der Waals surface area contributed by atoms with E-state index in [2.05, 4.69) is 15.9 Å². The second-order valence-corrected chi connectivity index (χ2v) is 7.84. The molecule has 1 amide bonds. The molecule has 4 rings (SSSR count). The highest BCUT2D eigenvalue weighted by Crippen LogP contribution is 2.35. The molecule has 6 heteroatoms. The lowest BCUT2D eigenvalue weighted by atomic mass is 9.98. The molecule has 3 aromatic carbocycles. The van der Waals surface area contributed by atoms with Crippen LogP contribution in [-0.2, 0) is 0 Å². The first kappa shape index (κ1) is 20.2. The van der Waals surface area contributed by atoms with Crippen LogP contribution < -0.4 is 9.47 Å². The summed E-state index contributed by atoms with van der Waals surface area (Å²) >= 11 is 3.42. The van der Waals surface area contributed by atoms with E-state index in [-0.39, 0.29) is 11.9 Å². The van der Waals surface area contributed by atoms with Crippen LogP contribution in [0, 0.1) is 0 Å². The minimum atomic E-state index is -0.191. The molecule has 1 atom stereocenters. The summed E-state index contributed by atoms with van der Waals surface area (Å²) in [6.07, 6.45) is 0.626. The van der Waals surface area contributed by atoms with Gasteiger partial charge in [-0.1, -0.05) is 28.1 Å². The summed E-state index contributed by atoms with van der Waals surface area (Å²) in [5.41, 5.74) is 3.44. The number of hydrogen-bond acceptors (Lipinski definition) is 4. The van der Waals surface area contributed by atoms with E-state index in [9.17, 15) is 4.79 Å². The van der Waals surface area contributed by atoms with E-state index in [1.54, 1.807) is 31.4 Å². The second-order valence-electron chi connectivity index (χ2n) is 6.92. The fourth-order valence-corrected chi connectivity index (χ4v) is 3.73. The van der Waals surface area contributed by atoms with E-state index in [1.165, 1.54) is 0 Å². The third kappa shape index (κ3) is 4.09. The van der Waals surface area contributed by atoms with Crippen LogP contribution in [0.5, 0.6) is 11.5 Å². The van der Waals surface area contributed by atoms with Crippen molar-refractivity contribution >= 4 is 27.5 Å². The number of halogens is 1. The van der Waals surface area contributed by atoms with E-state index in [0.717, 1.165) is 32.8 Å². The molecule has 5 nitrogen and oxygen atoms in total. The van der Waals surface area contributed by atoms with Crippen molar-refractivity contribution in [1.29, 1.82) is 0 Å². The van der Waals surface area contributed by atoms with E-state index < -0.39 is 0 Å². The highest BCUT2D eigenvalue weighted by molar-refractivity contribution is 9.10. The van der Waals surface area contributed by atoms with Gasteiger partial charge in [-0.05, 0) is 71.8 Å². The van der Waals surface area contributed by atoms with Gasteiger partial charge in [0.25, 0.3) is 5.91 Å². The third-order valence-electron chi connectivity index (χ3n) is 5.13. The lowest BCUT2D eigenvalue weighted by molar-refractivity contribution is 0.0711. The Labute approximate surface area is 184 Å². The zero-order valence-corrected chi connectivity index (χ0v) is 18.3. The van der Waals surface area contributed by atoms with Crippen molar-refractivity contribution in [2.75, 3.05) is 14.2 Å². The number of carbonyl (C=O) groups is 1. The van der Waals surface area contributed by atoms with Gasteiger partial charge in [0.1, 0.15) is 11.5 Å². The number of carbonyl (C=O) groups excluding carboxylic acids is 1. The van der Waals surface area contributed by atoms with E-state index in [1.807, 2.05) is 60.7 Å². The fourth-order valence-electron chi connectivity index (χ4n) is 3.47. The van der Waals surface area contributed by atoms with Crippen molar-refractivity contribution in [2.45, 2.75) is 12.5 Å². The molecule has 0 N–H and O–H groups in total. The second kappa shape index (κ2) is 8.71. The summed E-state index contributed by atoms with van der Waals surface area (Å²) in [6, 6.07) is 22.7. The maximum Gasteiger partial charge on any atom is 0.274 e. The normalized spacial score (nSPS) is 15.6. The molecule has 152 valence electrons. The van der Waals surface area contributed by atoms with Gasteiger partial charge in [0.05, 0.1) is 26.0 Å². The Morgan fingerprint density at radius 1 is 0.900 bits per heavy atom. The fraction of sp³-hybridized carbons (Fsp3) is 0.167. The van der Waals surface area contributed by atoms with Gasteiger partial charge in [0, 0.05) is 16.5 Å². The molecule has 0 bridgehead atoms. The predicted octanol–water partition coefficient (Wildman–Crippen LogP) is 5.46. The van der Waals surface area contributed by atoms with Crippen molar-refractivity contribution in [3.05, 3.63) is 94.0 Å². The minimum Gasteiger partial charge on any atom is -0.497 e. The molecule has 30 heavy (non-hydrogen) atoms. The first-order valence-electron chi connectivity index (χ1n) is 9.54. The van der Waals surface area contributed by atoms with Crippen molar-refractivity contribution in [2.24, 2.45) is 5.10 Å². The summed E-state index contributed by atoms with van der Waals surface area (Å²) < 4.78 is 11.4.